The third-order valence-electron chi connectivity index (χ3n) is 3.87. The van der Waals surface area contributed by atoms with Gasteiger partial charge in [-0.25, -0.2) is 0 Å². The topological polar surface area (TPSA) is 49.8 Å². The lowest BCUT2D eigenvalue weighted by Crippen LogP contribution is -2.39. The quantitative estimate of drug-likeness (QED) is 0.867. The highest BCUT2D eigenvalue weighted by atomic mass is 16.5. The summed E-state index contributed by atoms with van der Waals surface area (Å²) in [6.07, 6.45) is 2.63. The molecule has 1 aromatic carbocycles. The van der Waals surface area contributed by atoms with Crippen molar-refractivity contribution < 1.29 is 14.6 Å². The van der Waals surface area contributed by atoms with E-state index in [1.807, 2.05) is 24.3 Å². The Hall–Kier alpha value is -1.81. The Kier molecular flexibility index (Phi) is 4.68. The van der Waals surface area contributed by atoms with Gasteiger partial charge in [-0.2, -0.15) is 0 Å². The SMILES string of the molecule is COc1ccc2c(c1)/C(=C\C(C)C)C(=O)N(C)[C@@H](CO)C2. The van der Waals surface area contributed by atoms with Crippen LogP contribution < -0.4 is 4.74 Å². The summed E-state index contributed by atoms with van der Waals surface area (Å²) in [5, 5.41) is 9.56. The zero-order valence-electron chi connectivity index (χ0n) is 13.1. The number of methoxy groups -OCH3 is 1. The van der Waals surface area contributed by atoms with Crippen LogP contribution in [0.2, 0.25) is 0 Å². The molecule has 21 heavy (non-hydrogen) atoms. The van der Waals surface area contributed by atoms with E-state index in [0.29, 0.717) is 12.0 Å². The molecule has 1 atom stereocenters. The Balaban J connectivity index is 2.62. The maximum atomic E-state index is 12.7. The predicted molar refractivity (Wildman–Crippen MR) is 83.2 cm³/mol. The number of aliphatic hydroxyl groups is 1. The first-order valence-corrected chi connectivity index (χ1v) is 7.25. The van der Waals surface area contributed by atoms with Gasteiger partial charge < -0.3 is 14.7 Å². The molecule has 0 bridgehead atoms. The van der Waals surface area contributed by atoms with E-state index in [0.717, 1.165) is 16.9 Å². The van der Waals surface area contributed by atoms with Gasteiger partial charge >= 0.3 is 0 Å². The molecule has 0 spiro atoms. The van der Waals surface area contributed by atoms with Crippen molar-refractivity contribution in [1.29, 1.82) is 0 Å². The molecule has 4 nitrogen and oxygen atoms in total. The number of likely N-dealkylation sites (N-methyl/N-ethyl adjacent to an activating group) is 1. The molecule has 1 aliphatic heterocycles. The van der Waals surface area contributed by atoms with Crippen LogP contribution in [-0.2, 0) is 11.2 Å². The second-order valence-electron chi connectivity index (χ2n) is 5.80. The van der Waals surface area contributed by atoms with Crippen molar-refractivity contribution >= 4 is 11.5 Å². The van der Waals surface area contributed by atoms with Crippen molar-refractivity contribution in [3.63, 3.8) is 0 Å². The van der Waals surface area contributed by atoms with Gasteiger partial charge in [-0.15, -0.1) is 0 Å². The highest BCUT2D eigenvalue weighted by Crippen LogP contribution is 2.31. The van der Waals surface area contributed by atoms with Gasteiger partial charge in [0, 0.05) is 12.6 Å². The number of carbonyl (C=O) groups is 1. The number of nitrogens with zero attached hydrogens (tertiary/aromatic N) is 1. The lowest BCUT2D eigenvalue weighted by atomic mass is 9.95. The van der Waals surface area contributed by atoms with E-state index < -0.39 is 0 Å². The van der Waals surface area contributed by atoms with Crippen LogP contribution in [0, 0.1) is 5.92 Å². The summed E-state index contributed by atoms with van der Waals surface area (Å²) in [4.78, 5) is 14.4. The maximum absolute atomic E-state index is 12.7. The number of amides is 1. The molecule has 1 aromatic rings. The Morgan fingerprint density at radius 1 is 1.48 bits per heavy atom. The summed E-state index contributed by atoms with van der Waals surface area (Å²) >= 11 is 0. The van der Waals surface area contributed by atoms with E-state index in [-0.39, 0.29) is 24.5 Å². The minimum atomic E-state index is -0.192. The molecule has 114 valence electrons. The van der Waals surface area contributed by atoms with Crippen LogP contribution >= 0.6 is 0 Å². The first-order chi connectivity index (χ1) is 9.97. The van der Waals surface area contributed by atoms with Crippen LogP contribution in [0.25, 0.3) is 5.57 Å². The first-order valence-electron chi connectivity index (χ1n) is 7.25. The number of hydrogen-bond acceptors (Lipinski definition) is 3. The molecule has 0 aromatic heterocycles. The highest BCUT2D eigenvalue weighted by Gasteiger charge is 2.29. The number of benzene rings is 1. The average Bonchev–Trinajstić information content (AvgIpc) is 2.57. The van der Waals surface area contributed by atoms with Crippen LogP contribution in [0.5, 0.6) is 5.75 Å². The third kappa shape index (κ3) is 3.10. The summed E-state index contributed by atoms with van der Waals surface area (Å²) in [5.74, 6) is 0.957. The molecule has 1 aliphatic rings. The summed E-state index contributed by atoms with van der Waals surface area (Å²) in [6, 6.07) is 5.60. The van der Waals surface area contributed by atoms with Gasteiger partial charge in [-0.1, -0.05) is 26.0 Å². The smallest absolute Gasteiger partial charge is 0.254 e. The highest BCUT2D eigenvalue weighted by molar-refractivity contribution is 6.20. The van der Waals surface area contributed by atoms with E-state index in [9.17, 15) is 9.90 Å². The molecule has 0 aliphatic carbocycles. The van der Waals surface area contributed by atoms with Crippen LogP contribution in [0.4, 0.5) is 0 Å². The molecule has 2 rings (SSSR count). The van der Waals surface area contributed by atoms with Gasteiger partial charge in [0.15, 0.2) is 0 Å². The molecular formula is C17H23NO3. The minimum absolute atomic E-state index is 0.0390. The molecule has 1 amide bonds. The summed E-state index contributed by atoms with van der Waals surface area (Å²) < 4.78 is 5.29. The fraction of sp³-hybridized carbons (Fsp3) is 0.471. The lowest BCUT2D eigenvalue weighted by molar-refractivity contribution is -0.126. The van der Waals surface area contributed by atoms with Crippen molar-refractivity contribution in [2.45, 2.75) is 26.3 Å². The second kappa shape index (κ2) is 6.31. The molecule has 0 saturated carbocycles. The zero-order valence-corrected chi connectivity index (χ0v) is 13.1. The van der Waals surface area contributed by atoms with Gasteiger partial charge in [-0.3, -0.25) is 4.79 Å². The molecular weight excluding hydrogens is 266 g/mol. The number of carbonyl (C=O) groups excluding carboxylic acids is 1. The van der Waals surface area contributed by atoms with Crippen LogP contribution in [-0.4, -0.2) is 42.7 Å². The van der Waals surface area contributed by atoms with Gasteiger partial charge in [0.1, 0.15) is 5.75 Å². The van der Waals surface area contributed by atoms with Crippen LogP contribution in [0.3, 0.4) is 0 Å². The molecule has 0 fully saturated rings. The van der Waals surface area contributed by atoms with Gasteiger partial charge in [-0.05, 0) is 35.6 Å². The average molecular weight is 289 g/mol. The Morgan fingerprint density at radius 3 is 2.76 bits per heavy atom. The molecule has 1 heterocycles. The molecule has 1 N–H and O–H groups in total. The van der Waals surface area contributed by atoms with E-state index >= 15 is 0 Å². The van der Waals surface area contributed by atoms with Crippen molar-refractivity contribution in [3.8, 4) is 5.75 Å². The fourth-order valence-electron chi connectivity index (χ4n) is 2.65. The van der Waals surface area contributed by atoms with Crippen LogP contribution in [0.1, 0.15) is 25.0 Å². The van der Waals surface area contributed by atoms with Crippen molar-refractivity contribution in [3.05, 3.63) is 35.4 Å². The Bertz CT molecular complexity index is 563. The van der Waals surface area contributed by atoms with Gasteiger partial charge in [0.2, 0.25) is 0 Å². The number of aliphatic hydroxyl groups excluding tert-OH is 1. The second-order valence-corrected chi connectivity index (χ2v) is 5.80. The zero-order chi connectivity index (χ0) is 15.6. The van der Waals surface area contributed by atoms with E-state index in [4.69, 9.17) is 4.74 Å². The Labute approximate surface area is 126 Å². The normalized spacial score (nSPS) is 20.7. The number of hydrogen-bond donors (Lipinski definition) is 1. The van der Waals surface area contributed by atoms with Gasteiger partial charge in [0.25, 0.3) is 5.91 Å². The molecule has 4 heteroatoms. The summed E-state index contributed by atoms with van der Waals surface area (Å²) in [5.41, 5.74) is 2.67. The van der Waals surface area contributed by atoms with Gasteiger partial charge in [0.05, 0.1) is 19.8 Å². The number of fused-ring (bicyclic) bond motifs is 1. The minimum Gasteiger partial charge on any atom is -0.497 e. The predicted octanol–water partition coefficient (Wildman–Crippen LogP) is 2.11. The van der Waals surface area contributed by atoms with E-state index in [1.54, 1.807) is 19.1 Å². The monoisotopic (exact) mass is 289 g/mol. The first kappa shape index (κ1) is 15.6. The third-order valence-corrected chi connectivity index (χ3v) is 3.87. The summed E-state index contributed by atoms with van der Waals surface area (Å²) in [6.45, 7) is 4.06. The number of allylic oxidation sites excluding steroid dienone is 1. The number of ether oxygens (including phenoxy) is 1. The van der Waals surface area contributed by atoms with Crippen molar-refractivity contribution in [2.24, 2.45) is 5.92 Å². The molecule has 0 saturated heterocycles. The van der Waals surface area contributed by atoms with E-state index in [2.05, 4.69) is 13.8 Å². The number of rotatable bonds is 3. The summed E-state index contributed by atoms with van der Waals surface area (Å²) in [7, 11) is 3.37. The lowest BCUT2D eigenvalue weighted by Gasteiger charge is -2.24. The standard InChI is InChI=1S/C17H23NO3/c1-11(2)7-16-15-9-14(21-4)6-5-12(15)8-13(10-19)18(3)17(16)20/h5-7,9,11,13,19H,8,10H2,1-4H3/b16-7+/t13-/m1/s1. The Morgan fingerprint density at radius 2 is 2.19 bits per heavy atom. The maximum Gasteiger partial charge on any atom is 0.254 e. The van der Waals surface area contributed by atoms with E-state index in [1.165, 1.54) is 0 Å². The fourth-order valence-corrected chi connectivity index (χ4v) is 2.65. The largest absolute Gasteiger partial charge is 0.497 e. The van der Waals surface area contributed by atoms with Crippen LogP contribution in [0.15, 0.2) is 24.3 Å². The van der Waals surface area contributed by atoms with Crippen molar-refractivity contribution in [1.82, 2.24) is 4.90 Å². The van der Waals surface area contributed by atoms with Crippen molar-refractivity contribution in [2.75, 3.05) is 20.8 Å². The molecule has 0 radical (unpaired) electrons. The molecule has 0 unspecified atom stereocenters.